The van der Waals surface area contributed by atoms with Crippen molar-refractivity contribution in [1.29, 1.82) is 0 Å². The standard InChI is InChI=1S/C12H14N2O3/c15-6-8(7-16)14-12(17)10-2-1-3-11-9(10)4-5-13-11/h1-5,8,13,15-16H,6-7H2,(H,14,17). The Bertz CT molecular complexity index is 517. The van der Waals surface area contributed by atoms with Crippen molar-refractivity contribution < 1.29 is 15.0 Å². The van der Waals surface area contributed by atoms with Gasteiger partial charge in [-0.2, -0.15) is 0 Å². The molecule has 2 rings (SSSR count). The van der Waals surface area contributed by atoms with Gasteiger partial charge in [-0.3, -0.25) is 4.79 Å². The van der Waals surface area contributed by atoms with Crippen molar-refractivity contribution in [3.8, 4) is 0 Å². The third-order valence-electron chi connectivity index (χ3n) is 2.62. The number of amides is 1. The summed E-state index contributed by atoms with van der Waals surface area (Å²) in [5, 5.41) is 21.2. The summed E-state index contributed by atoms with van der Waals surface area (Å²) < 4.78 is 0. The predicted molar refractivity (Wildman–Crippen MR) is 63.7 cm³/mol. The topological polar surface area (TPSA) is 85.3 Å². The van der Waals surface area contributed by atoms with E-state index in [-0.39, 0.29) is 19.1 Å². The molecule has 5 nitrogen and oxygen atoms in total. The third kappa shape index (κ3) is 2.30. The monoisotopic (exact) mass is 234 g/mol. The molecule has 0 aliphatic carbocycles. The van der Waals surface area contributed by atoms with Crippen molar-refractivity contribution in [2.24, 2.45) is 0 Å². The average molecular weight is 234 g/mol. The molecule has 0 spiro atoms. The van der Waals surface area contributed by atoms with Crippen LogP contribution in [0.25, 0.3) is 10.9 Å². The van der Waals surface area contributed by atoms with Gasteiger partial charge in [0.1, 0.15) is 0 Å². The number of aliphatic hydroxyl groups is 2. The number of benzene rings is 1. The zero-order chi connectivity index (χ0) is 12.3. The van der Waals surface area contributed by atoms with Crippen LogP contribution in [0, 0.1) is 0 Å². The van der Waals surface area contributed by atoms with Crippen LogP contribution in [0.1, 0.15) is 10.4 Å². The lowest BCUT2D eigenvalue weighted by Gasteiger charge is -2.13. The van der Waals surface area contributed by atoms with E-state index in [2.05, 4.69) is 10.3 Å². The summed E-state index contributed by atoms with van der Waals surface area (Å²) in [6.45, 7) is -0.573. The molecule has 1 amide bonds. The zero-order valence-electron chi connectivity index (χ0n) is 9.18. The maximum Gasteiger partial charge on any atom is 0.252 e. The fourth-order valence-electron chi connectivity index (χ4n) is 1.70. The summed E-state index contributed by atoms with van der Waals surface area (Å²) in [6.07, 6.45) is 1.76. The van der Waals surface area contributed by atoms with Crippen LogP contribution in [0.2, 0.25) is 0 Å². The predicted octanol–water partition coefficient (Wildman–Crippen LogP) is 0.251. The molecule has 0 fully saturated rings. The highest BCUT2D eigenvalue weighted by atomic mass is 16.3. The van der Waals surface area contributed by atoms with Gasteiger partial charge < -0.3 is 20.5 Å². The normalized spacial score (nSPS) is 11.0. The first kappa shape index (κ1) is 11.6. The number of H-pyrrole nitrogens is 1. The molecule has 1 heterocycles. The van der Waals surface area contributed by atoms with E-state index in [9.17, 15) is 4.79 Å². The molecule has 1 aromatic heterocycles. The van der Waals surface area contributed by atoms with Gasteiger partial charge in [0, 0.05) is 22.7 Å². The molecule has 0 aliphatic rings. The van der Waals surface area contributed by atoms with E-state index in [1.54, 1.807) is 18.3 Å². The number of aliphatic hydroxyl groups excluding tert-OH is 2. The van der Waals surface area contributed by atoms with E-state index in [1.807, 2.05) is 12.1 Å². The Hall–Kier alpha value is -1.85. The fourth-order valence-corrected chi connectivity index (χ4v) is 1.70. The maximum atomic E-state index is 11.9. The Kier molecular flexibility index (Phi) is 3.41. The zero-order valence-corrected chi connectivity index (χ0v) is 9.18. The Balaban J connectivity index is 2.27. The second-order valence-corrected chi connectivity index (χ2v) is 3.78. The first-order valence-electron chi connectivity index (χ1n) is 5.35. The van der Waals surface area contributed by atoms with E-state index < -0.39 is 6.04 Å². The van der Waals surface area contributed by atoms with E-state index in [4.69, 9.17) is 10.2 Å². The highest BCUT2D eigenvalue weighted by Crippen LogP contribution is 2.17. The molecule has 0 unspecified atom stereocenters. The lowest BCUT2D eigenvalue weighted by atomic mass is 10.1. The van der Waals surface area contributed by atoms with Crippen molar-refractivity contribution in [2.45, 2.75) is 6.04 Å². The van der Waals surface area contributed by atoms with Crippen molar-refractivity contribution in [3.63, 3.8) is 0 Å². The van der Waals surface area contributed by atoms with Gasteiger partial charge in [-0.05, 0) is 18.2 Å². The lowest BCUT2D eigenvalue weighted by molar-refractivity contribution is 0.0881. The third-order valence-corrected chi connectivity index (χ3v) is 2.62. The van der Waals surface area contributed by atoms with Crippen LogP contribution in [0.5, 0.6) is 0 Å². The highest BCUT2D eigenvalue weighted by Gasteiger charge is 2.14. The Morgan fingerprint density at radius 2 is 2.06 bits per heavy atom. The number of nitrogens with one attached hydrogen (secondary N) is 2. The van der Waals surface area contributed by atoms with E-state index in [1.165, 1.54) is 0 Å². The molecular formula is C12H14N2O3. The first-order valence-corrected chi connectivity index (χ1v) is 5.35. The molecule has 0 aliphatic heterocycles. The summed E-state index contributed by atoms with van der Waals surface area (Å²) in [5.41, 5.74) is 1.40. The number of rotatable bonds is 4. The summed E-state index contributed by atoms with van der Waals surface area (Å²) >= 11 is 0. The van der Waals surface area contributed by atoms with Crippen molar-refractivity contribution >= 4 is 16.8 Å². The SMILES string of the molecule is O=C(NC(CO)CO)c1cccc2[nH]ccc12. The molecule has 17 heavy (non-hydrogen) atoms. The Labute approximate surface area is 98.1 Å². The number of carbonyl (C=O) groups excluding carboxylic acids is 1. The summed E-state index contributed by atoms with van der Waals surface area (Å²) in [4.78, 5) is 15.0. The molecular weight excluding hydrogens is 220 g/mol. The van der Waals surface area contributed by atoms with E-state index in [0.29, 0.717) is 5.56 Å². The largest absolute Gasteiger partial charge is 0.394 e. The lowest BCUT2D eigenvalue weighted by Crippen LogP contribution is -2.40. The minimum atomic E-state index is -0.628. The molecule has 0 saturated heterocycles. The molecule has 2 aromatic rings. The van der Waals surface area contributed by atoms with E-state index in [0.717, 1.165) is 10.9 Å². The van der Waals surface area contributed by atoms with Crippen LogP contribution in [0.4, 0.5) is 0 Å². The summed E-state index contributed by atoms with van der Waals surface area (Å²) in [6, 6.07) is 6.55. The number of fused-ring (bicyclic) bond motifs is 1. The number of aromatic nitrogens is 1. The molecule has 90 valence electrons. The van der Waals surface area contributed by atoms with Crippen LogP contribution in [0.3, 0.4) is 0 Å². The molecule has 0 radical (unpaired) electrons. The summed E-state index contributed by atoms with van der Waals surface area (Å²) in [7, 11) is 0. The van der Waals surface area contributed by atoms with E-state index >= 15 is 0 Å². The van der Waals surface area contributed by atoms with Crippen molar-refractivity contribution in [2.75, 3.05) is 13.2 Å². The van der Waals surface area contributed by atoms with Gasteiger partial charge in [-0.1, -0.05) is 6.07 Å². The van der Waals surface area contributed by atoms with Gasteiger partial charge in [0.2, 0.25) is 0 Å². The maximum absolute atomic E-state index is 11.9. The number of hydrogen-bond acceptors (Lipinski definition) is 3. The number of hydrogen-bond donors (Lipinski definition) is 4. The highest BCUT2D eigenvalue weighted by molar-refractivity contribution is 6.06. The van der Waals surface area contributed by atoms with Gasteiger partial charge in [0.25, 0.3) is 5.91 Å². The van der Waals surface area contributed by atoms with Crippen LogP contribution in [-0.4, -0.2) is 40.4 Å². The minimum Gasteiger partial charge on any atom is -0.394 e. The smallest absolute Gasteiger partial charge is 0.252 e. The summed E-state index contributed by atoms with van der Waals surface area (Å²) in [5.74, 6) is -0.302. The number of aromatic amines is 1. The average Bonchev–Trinajstić information content (AvgIpc) is 2.83. The fraction of sp³-hybridized carbons (Fsp3) is 0.250. The Morgan fingerprint density at radius 1 is 1.29 bits per heavy atom. The minimum absolute atomic E-state index is 0.286. The van der Waals surface area contributed by atoms with Crippen LogP contribution in [0.15, 0.2) is 30.5 Å². The molecule has 0 saturated carbocycles. The molecule has 0 atom stereocenters. The second kappa shape index (κ2) is 4.99. The van der Waals surface area contributed by atoms with Gasteiger partial charge >= 0.3 is 0 Å². The van der Waals surface area contributed by atoms with Crippen LogP contribution < -0.4 is 5.32 Å². The van der Waals surface area contributed by atoms with Crippen LogP contribution >= 0.6 is 0 Å². The van der Waals surface area contributed by atoms with Gasteiger partial charge in [-0.25, -0.2) is 0 Å². The van der Waals surface area contributed by atoms with Crippen molar-refractivity contribution in [3.05, 3.63) is 36.0 Å². The molecule has 5 heteroatoms. The molecule has 4 N–H and O–H groups in total. The van der Waals surface area contributed by atoms with Gasteiger partial charge in [0.15, 0.2) is 0 Å². The molecule has 0 bridgehead atoms. The quantitative estimate of drug-likeness (QED) is 0.611. The Morgan fingerprint density at radius 3 is 2.76 bits per heavy atom. The first-order chi connectivity index (χ1) is 8.26. The second-order valence-electron chi connectivity index (χ2n) is 3.78. The molecule has 1 aromatic carbocycles. The van der Waals surface area contributed by atoms with Crippen LogP contribution in [-0.2, 0) is 0 Å². The number of carbonyl (C=O) groups is 1. The van der Waals surface area contributed by atoms with Gasteiger partial charge in [0.05, 0.1) is 19.3 Å². The van der Waals surface area contributed by atoms with Crippen molar-refractivity contribution in [1.82, 2.24) is 10.3 Å². The van der Waals surface area contributed by atoms with Gasteiger partial charge in [-0.15, -0.1) is 0 Å².